The number of hydrazine groups is 1. The molecule has 3 atom stereocenters. The van der Waals surface area contributed by atoms with Gasteiger partial charge in [0.2, 0.25) is 0 Å². The summed E-state index contributed by atoms with van der Waals surface area (Å²) in [7, 11) is 0. The summed E-state index contributed by atoms with van der Waals surface area (Å²) in [4.78, 5) is 0. The van der Waals surface area contributed by atoms with Crippen LogP contribution in [0.25, 0.3) is 0 Å². The Morgan fingerprint density at radius 2 is 2.00 bits per heavy atom. The Morgan fingerprint density at radius 3 is 2.65 bits per heavy atom. The number of nitrogens with one attached hydrogen (secondary N) is 1. The van der Waals surface area contributed by atoms with E-state index < -0.39 is 0 Å². The monoisotopic (exact) mass is 240 g/mol. The van der Waals surface area contributed by atoms with Crippen LogP contribution >= 0.6 is 0 Å². The van der Waals surface area contributed by atoms with Crippen molar-refractivity contribution in [2.24, 2.45) is 17.7 Å². The predicted octanol–water partition coefficient (Wildman–Crippen LogP) is 2.60. The Bertz CT molecular complexity index is 216. The van der Waals surface area contributed by atoms with Gasteiger partial charge in [0.15, 0.2) is 0 Å². The summed E-state index contributed by atoms with van der Waals surface area (Å²) in [5, 5.41) is 0. The van der Waals surface area contributed by atoms with Gasteiger partial charge >= 0.3 is 0 Å². The third-order valence-electron chi connectivity index (χ3n) is 4.71. The molecular formula is C14H28N2O. The first kappa shape index (κ1) is 13.3. The zero-order chi connectivity index (χ0) is 12.1. The minimum atomic E-state index is 0.430. The summed E-state index contributed by atoms with van der Waals surface area (Å²) >= 11 is 0. The maximum absolute atomic E-state index is 5.79. The van der Waals surface area contributed by atoms with Gasteiger partial charge in [0.05, 0.1) is 6.10 Å². The van der Waals surface area contributed by atoms with Crippen LogP contribution in [0, 0.1) is 11.8 Å². The quantitative estimate of drug-likeness (QED) is 0.573. The molecule has 0 aromatic carbocycles. The summed E-state index contributed by atoms with van der Waals surface area (Å²) in [5.41, 5.74) is 3.08. The van der Waals surface area contributed by atoms with Crippen LogP contribution in [0.2, 0.25) is 0 Å². The fourth-order valence-electron chi connectivity index (χ4n) is 3.69. The molecular weight excluding hydrogens is 212 g/mol. The summed E-state index contributed by atoms with van der Waals surface area (Å²) < 4.78 is 5.79. The molecule has 3 N–H and O–H groups in total. The van der Waals surface area contributed by atoms with E-state index in [9.17, 15) is 0 Å². The Kier molecular flexibility index (Phi) is 5.26. The number of rotatable bonds is 5. The van der Waals surface area contributed by atoms with Gasteiger partial charge in [-0.1, -0.05) is 39.0 Å². The predicted molar refractivity (Wildman–Crippen MR) is 70.4 cm³/mol. The lowest BCUT2D eigenvalue weighted by Crippen LogP contribution is -2.45. The van der Waals surface area contributed by atoms with Crippen LogP contribution in [-0.4, -0.2) is 18.8 Å². The van der Waals surface area contributed by atoms with Crippen LogP contribution < -0.4 is 11.3 Å². The fourth-order valence-corrected chi connectivity index (χ4v) is 3.69. The van der Waals surface area contributed by atoms with Gasteiger partial charge in [-0.25, -0.2) is 0 Å². The van der Waals surface area contributed by atoms with E-state index in [-0.39, 0.29) is 0 Å². The lowest BCUT2D eigenvalue weighted by Gasteiger charge is -2.31. The van der Waals surface area contributed by atoms with Gasteiger partial charge in [0.1, 0.15) is 0 Å². The summed E-state index contributed by atoms with van der Waals surface area (Å²) in [6.07, 6.45) is 11.1. The molecule has 1 aliphatic heterocycles. The maximum atomic E-state index is 5.79. The molecule has 0 spiro atoms. The molecule has 100 valence electrons. The molecule has 0 amide bonds. The molecule has 3 nitrogen and oxygen atoms in total. The second kappa shape index (κ2) is 6.72. The zero-order valence-electron chi connectivity index (χ0n) is 11.2. The summed E-state index contributed by atoms with van der Waals surface area (Å²) in [5.74, 6) is 7.30. The molecule has 1 saturated heterocycles. The molecule has 0 aromatic rings. The van der Waals surface area contributed by atoms with Gasteiger partial charge < -0.3 is 4.74 Å². The van der Waals surface area contributed by atoms with Crippen LogP contribution in [-0.2, 0) is 4.74 Å². The first-order valence-electron chi connectivity index (χ1n) is 7.42. The lowest BCUT2D eigenvalue weighted by atomic mass is 9.80. The fraction of sp³-hybridized carbons (Fsp3) is 1.00. The Hall–Kier alpha value is -0.120. The molecule has 2 aliphatic rings. The van der Waals surface area contributed by atoms with Crippen LogP contribution in [0.1, 0.15) is 58.3 Å². The highest BCUT2D eigenvalue weighted by Gasteiger charge is 2.34. The van der Waals surface area contributed by atoms with Crippen LogP contribution in [0.3, 0.4) is 0 Å². The van der Waals surface area contributed by atoms with Crippen LogP contribution in [0.15, 0.2) is 0 Å². The number of hydrogen-bond donors (Lipinski definition) is 2. The Labute approximate surface area is 105 Å². The topological polar surface area (TPSA) is 47.3 Å². The molecule has 1 saturated carbocycles. The third-order valence-corrected chi connectivity index (χ3v) is 4.71. The van der Waals surface area contributed by atoms with Crippen molar-refractivity contribution in [2.45, 2.75) is 70.4 Å². The van der Waals surface area contributed by atoms with Gasteiger partial charge in [-0.05, 0) is 25.2 Å². The smallest absolute Gasteiger partial charge is 0.0616 e. The molecule has 3 unspecified atom stereocenters. The average Bonchev–Trinajstić information content (AvgIpc) is 2.85. The summed E-state index contributed by atoms with van der Waals surface area (Å²) in [6.45, 7) is 3.14. The van der Waals surface area contributed by atoms with E-state index >= 15 is 0 Å². The molecule has 0 bridgehead atoms. The largest absolute Gasteiger partial charge is 0.378 e. The van der Waals surface area contributed by atoms with Crippen molar-refractivity contribution in [1.29, 1.82) is 0 Å². The molecule has 3 heteroatoms. The van der Waals surface area contributed by atoms with E-state index in [0.717, 1.165) is 18.9 Å². The van der Waals surface area contributed by atoms with Crippen LogP contribution in [0.5, 0.6) is 0 Å². The molecule has 2 rings (SSSR count). The zero-order valence-corrected chi connectivity index (χ0v) is 11.2. The van der Waals surface area contributed by atoms with Crippen molar-refractivity contribution in [3.05, 3.63) is 0 Å². The van der Waals surface area contributed by atoms with Crippen LogP contribution in [0.4, 0.5) is 0 Å². The third kappa shape index (κ3) is 3.43. The van der Waals surface area contributed by atoms with E-state index in [0.29, 0.717) is 18.1 Å². The average molecular weight is 240 g/mol. The highest BCUT2D eigenvalue weighted by atomic mass is 16.5. The number of ether oxygens (including phenoxy) is 1. The van der Waals surface area contributed by atoms with Crippen molar-refractivity contribution >= 4 is 0 Å². The first-order chi connectivity index (χ1) is 8.35. The van der Waals surface area contributed by atoms with E-state index in [1.54, 1.807) is 0 Å². The first-order valence-corrected chi connectivity index (χ1v) is 7.42. The second-order valence-corrected chi connectivity index (χ2v) is 5.78. The molecule has 0 aromatic heterocycles. The van der Waals surface area contributed by atoms with Crippen molar-refractivity contribution < 1.29 is 4.74 Å². The van der Waals surface area contributed by atoms with Gasteiger partial charge in [-0.2, -0.15) is 0 Å². The van der Waals surface area contributed by atoms with Gasteiger partial charge in [0.25, 0.3) is 0 Å². The van der Waals surface area contributed by atoms with Gasteiger partial charge in [-0.3, -0.25) is 11.3 Å². The highest BCUT2D eigenvalue weighted by Crippen LogP contribution is 2.33. The molecule has 17 heavy (non-hydrogen) atoms. The summed E-state index contributed by atoms with van der Waals surface area (Å²) in [6, 6.07) is 0.463. The number of hydrogen-bond acceptors (Lipinski definition) is 3. The van der Waals surface area contributed by atoms with Crippen molar-refractivity contribution in [2.75, 3.05) is 6.61 Å². The van der Waals surface area contributed by atoms with Crippen molar-refractivity contribution in [3.63, 3.8) is 0 Å². The highest BCUT2D eigenvalue weighted by molar-refractivity contribution is 4.86. The van der Waals surface area contributed by atoms with Crippen molar-refractivity contribution in [1.82, 2.24) is 5.43 Å². The Morgan fingerprint density at radius 1 is 1.24 bits per heavy atom. The van der Waals surface area contributed by atoms with E-state index in [1.807, 2.05) is 0 Å². The number of nitrogens with two attached hydrogens (primary N) is 1. The normalized spacial score (nSPS) is 32.8. The Balaban J connectivity index is 1.86. The SMILES string of the molecule is CCC1OCCC1C(CC1CCCCC1)NN. The molecule has 0 radical (unpaired) electrons. The van der Waals surface area contributed by atoms with E-state index in [2.05, 4.69) is 12.3 Å². The molecule has 1 heterocycles. The van der Waals surface area contributed by atoms with E-state index in [1.165, 1.54) is 44.9 Å². The second-order valence-electron chi connectivity index (χ2n) is 5.78. The minimum absolute atomic E-state index is 0.430. The van der Waals surface area contributed by atoms with Gasteiger partial charge in [0, 0.05) is 18.6 Å². The lowest BCUT2D eigenvalue weighted by molar-refractivity contribution is 0.0731. The van der Waals surface area contributed by atoms with Crippen molar-refractivity contribution in [3.8, 4) is 0 Å². The van der Waals surface area contributed by atoms with E-state index in [4.69, 9.17) is 10.6 Å². The molecule has 1 aliphatic carbocycles. The maximum Gasteiger partial charge on any atom is 0.0616 e. The van der Waals surface area contributed by atoms with Gasteiger partial charge in [-0.15, -0.1) is 0 Å². The molecule has 2 fully saturated rings. The minimum Gasteiger partial charge on any atom is -0.378 e. The standard InChI is InChI=1S/C14H28N2O/c1-2-14-12(8-9-17-14)13(16-15)10-11-6-4-3-5-7-11/h11-14,16H,2-10,15H2,1H3.